The standard InChI is InChI=1S/C12H18N2O4/c1-8(2)14(7-3-6-13)11(15)9-4-5-10(18-9)12(16)17/h8-10H,3-5,7H2,1-2H3,(H,16,17)/t9-,10+/m0/s1. The van der Waals surface area contributed by atoms with Crippen LogP contribution in [0.3, 0.4) is 0 Å². The number of aliphatic carboxylic acids is 1. The summed E-state index contributed by atoms with van der Waals surface area (Å²) in [6.07, 6.45) is -0.531. The zero-order chi connectivity index (χ0) is 13.7. The molecule has 1 fully saturated rings. The molecule has 1 rings (SSSR count). The lowest BCUT2D eigenvalue weighted by Gasteiger charge is -2.28. The molecular formula is C12H18N2O4. The highest BCUT2D eigenvalue weighted by atomic mass is 16.5. The Morgan fingerprint density at radius 3 is 2.50 bits per heavy atom. The zero-order valence-electron chi connectivity index (χ0n) is 10.6. The first-order valence-corrected chi connectivity index (χ1v) is 6.03. The summed E-state index contributed by atoms with van der Waals surface area (Å²) in [5.74, 6) is -1.25. The highest BCUT2D eigenvalue weighted by Crippen LogP contribution is 2.22. The minimum atomic E-state index is -1.03. The van der Waals surface area contributed by atoms with E-state index in [1.165, 1.54) is 0 Å². The SMILES string of the molecule is CC(C)N(CCC#N)C(=O)[C@@H]1CC[C@H](C(=O)O)O1. The molecule has 1 amide bonds. The Morgan fingerprint density at radius 2 is 2.06 bits per heavy atom. The summed E-state index contributed by atoms with van der Waals surface area (Å²) in [4.78, 5) is 24.5. The van der Waals surface area contributed by atoms with E-state index in [2.05, 4.69) is 0 Å². The Hall–Kier alpha value is -1.61. The Bertz CT molecular complexity index is 362. The van der Waals surface area contributed by atoms with Gasteiger partial charge in [-0.2, -0.15) is 5.26 Å². The molecule has 100 valence electrons. The van der Waals surface area contributed by atoms with Gasteiger partial charge in [-0.15, -0.1) is 0 Å². The van der Waals surface area contributed by atoms with Crippen molar-refractivity contribution in [2.75, 3.05) is 6.54 Å². The summed E-state index contributed by atoms with van der Waals surface area (Å²) in [7, 11) is 0. The summed E-state index contributed by atoms with van der Waals surface area (Å²) in [5.41, 5.74) is 0. The van der Waals surface area contributed by atoms with Crippen molar-refractivity contribution in [3.63, 3.8) is 0 Å². The van der Waals surface area contributed by atoms with Gasteiger partial charge in [0.25, 0.3) is 5.91 Å². The van der Waals surface area contributed by atoms with Gasteiger partial charge in [-0.3, -0.25) is 4.79 Å². The molecule has 0 unspecified atom stereocenters. The van der Waals surface area contributed by atoms with Gasteiger partial charge in [-0.05, 0) is 26.7 Å². The maximum Gasteiger partial charge on any atom is 0.332 e. The number of hydrogen-bond acceptors (Lipinski definition) is 4. The van der Waals surface area contributed by atoms with Gasteiger partial charge < -0.3 is 14.7 Å². The van der Waals surface area contributed by atoms with E-state index >= 15 is 0 Å². The number of carboxylic acids is 1. The summed E-state index contributed by atoms with van der Waals surface area (Å²) in [6, 6.07) is 1.97. The quantitative estimate of drug-likeness (QED) is 0.782. The summed E-state index contributed by atoms with van der Waals surface area (Å²) in [5, 5.41) is 17.4. The maximum atomic E-state index is 12.2. The lowest BCUT2D eigenvalue weighted by molar-refractivity contribution is -0.155. The molecule has 1 aliphatic heterocycles. The Balaban J connectivity index is 2.62. The molecule has 0 aliphatic carbocycles. The van der Waals surface area contributed by atoms with Crippen LogP contribution in [0.5, 0.6) is 0 Å². The van der Waals surface area contributed by atoms with Crippen molar-refractivity contribution in [2.24, 2.45) is 0 Å². The van der Waals surface area contributed by atoms with E-state index in [1.54, 1.807) is 4.90 Å². The molecule has 0 spiro atoms. The molecule has 6 heteroatoms. The van der Waals surface area contributed by atoms with E-state index < -0.39 is 18.2 Å². The molecule has 18 heavy (non-hydrogen) atoms. The predicted octanol–water partition coefficient (Wildman–Crippen LogP) is 0.769. The molecule has 2 atom stereocenters. The van der Waals surface area contributed by atoms with Gasteiger partial charge in [-0.1, -0.05) is 0 Å². The first-order valence-electron chi connectivity index (χ1n) is 6.03. The lowest BCUT2D eigenvalue weighted by atomic mass is 10.1. The number of nitrogens with zero attached hydrogens (tertiary/aromatic N) is 2. The number of ether oxygens (including phenoxy) is 1. The van der Waals surface area contributed by atoms with E-state index in [0.717, 1.165) is 0 Å². The van der Waals surface area contributed by atoms with E-state index in [-0.39, 0.29) is 18.4 Å². The van der Waals surface area contributed by atoms with Gasteiger partial charge in [0.05, 0.1) is 12.5 Å². The molecule has 0 radical (unpaired) electrons. The fourth-order valence-electron chi connectivity index (χ4n) is 1.98. The van der Waals surface area contributed by atoms with E-state index in [1.807, 2.05) is 19.9 Å². The van der Waals surface area contributed by atoms with E-state index in [9.17, 15) is 9.59 Å². The Morgan fingerprint density at radius 1 is 1.44 bits per heavy atom. The molecule has 0 bridgehead atoms. The second-order valence-electron chi connectivity index (χ2n) is 4.56. The van der Waals surface area contributed by atoms with Crippen molar-refractivity contribution >= 4 is 11.9 Å². The molecule has 6 nitrogen and oxygen atoms in total. The van der Waals surface area contributed by atoms with Crippen molar-refractivity contribution in [1.82, 2.24) is 4.90 Å². The van der Waals surface area contributed by atoms with Crippen molar-refractivity contribution in [1.29, 1.82) is 5.26 Å². The van der Waals surface area contributed by atoms with E-state index in [4.69, 9.17) is 15.1 Å². The Kier molecular flexibility index (Phi) is 5.10. The van der Waals surface area contributed by atoms with Crippen LogP contribution in [0.15, 0.2) is 0 Å². The number of amides is 1. The lowest BCUT2D eigenvalue weighted by Crippen LogP contribution is -2.44. The first kappa shape index (κ1) is 14.5. The summed E-state index contributed by atoms with van der Waals surface area (Å²) in [6.45, 7) is 4.07. The second-order valence-corrected chi connectivity index (χ2v) is 4.56. The van der Waals surface area contributed by atoms with Gasteiger partial charge in [0, 0.05) is 12.6 Å². The molecule has 1 N–H and O–H groups in total. The third kappa shape index (κ3) is 3.44. The predicted molar refractivity (Wildman–Crippen MR) is 62.6 cm³/mol. The number of nitriles is 1. The fourth-order valence-corrected chi connectivity index (χ4v) is 1.98. The van der Waals surface area contributed by atoms with Crippen molar-refractivity contribution < 1.29 is 19.4 Å². The van der Waals surface area contributed by atoms with Gasteiger partial charge in [0.15, 0.2) is 6.10 Å². The van der Waals surface area contributed by atoms with Crippen LogP contribution < -0.4 is 0 Å². The summed E-state index contributed by atoms with van der Waals surface area (Å²) < 4.78 is 5.22. The third-order valence-corrected chi connectivity index (χ3v) is 2.94. The fraction of sp³-hybridized carbons (Fsp3) is 0.750. The molecule has 1 saturated heterocycles. The largest absolute Gasteiger partial charge is 0.479 e. The molecular weight excluding hydrogens is 236 g/mol. The molecule has 0 aromatic carbocycles. The van der Waals surface area contributed by atoms with Crippen LogP contribution in [0.2, 0.25) is 0 Å². The topological polar surface area (TPSA) is 90.6 Å². The van der Waals surface area contributed by atoms with Crippen LogP contribution in [0.25, 0.3) is 0 Å². The number of carbonyl (C=O) groups is 2. The molecule has 1 heterocycles. The van der Waals surface area contributed by atoms with Crippen LogP contribution in [-0.2, 0) is 14.3 Å². The van der Waals surface area contributed by atoms with Gasteiger partial charge in [0.2, 0.25) is 0 Å². The molecule has 0 saturated carbocycles. The van der Waals surface area contributed by atoms with Crippen LogP contribution >= 0.6 is 0 Å². The van der Waals surface area contributed by atoms with Crippen molar-refractivity contribution in [2.45, 2.75) is 51.4 Å². The number of hydrogen-bond donors (Lipinski definition) is 1. The first-order chi connectivity index (χ1) is 8.47. The van der Waals surface area contributed by atoms with Crippen LogP contribution in [0.4, 0.5) is 0 Å². The van der Waals surface area contributed by atoms with Crippen molar-refractivity contribution in [3.8, 4) is 6.07 Å². The highest BCUT2D eigenvalue weighted by Gasteiger charge is 2.37. The Labute approximate surface area is 106 Å². The van der Waals surface area contributed by atoms with Gasteiger partial charge in [0.1, 0.15) is 6.10 Å². The summed E-state index contributed by atoms with van der Waals surface area (Å²) >= 11 is 0. The minimum Gasteiger partial charge on any atom is -0.479 e. The van der Waals surface area contributed by atoms with Crippen LogP contribution in [-0.4, -0.2) is 46.7 Å². The number of carbonyl (C=O) groups excluding carboxylic acids is 1. The van der Waals surface area contributed by atoms with Crippen molar-refractivity contribution in [3.05, 3.63) is 0 Å². The molecule has 0 aromatic heterocycles. The van der Waals surface area contributed by atoms with E-state index in [0.29, 0.717) is 19.4 Å². The third-order valence-electron chi connectivity index (χ3n) is 2.94. The molecule has 1 aliphatic rings. The average molecular weight is 254 g/mol. The highest BCUT2D eigenvalue weighted by molar-refractivity contribution is 5.83. The monoisotopic (exact) mass is 254 g/mol. The van der Waals surface area contributed by atoms with Gasteiger partial charge in [-0.25, -0.2) is 4.79 Å². The van der Waals surface area contributed by atoms with Crippen LogP contribution in [0.1, 0.15) is 33.1 Å². The maximum absolute atomic E-state index is 12.2. The average Bonchev–Trinajstić information content (AvgIpc) is 2.78. The van der Waals surface area contributed by atoms with Gasteiger partial charge >= 0.3 is 5.97 Å². The minimum absolute atomic E-state index is 0.0293. The molecule has 0 aromatic rings. The zero-order valence-corrected chi connectivity index (χ0v) is 10.6. The van der Waals surface area contributed by atoms with Crippen LogP contribution in [0, 0.1) is 11.3 Å². The normalized spacial score (nSPS) is 22.8. The smallest absolute Gasteiger partial charge is 0.332 e. The number of carboxylic acid groups (broad SMARTS) is 1. The number of rotatable bonds is 5. The second kappa shape index (κ2) is 6.36.